The number of ketones is 1. The van der Waals surface area contributed by atoms with Gasteiger partial charge in [0.1, 0.15) is 18.8 Å². The highest BCUT2D eigenvalue weighted by Crippen LogP contribution is 2.22. The van der Waals surface area contributed by atoms with E-state index in [1.54, 1.807) is 75.4 Å². The van der Waals surface area contributed by atoms with Gasteiger partial charge in [0.15, 0.2) is 5.78 Å². The van der Waals surface area contributed by atoms with Gasteiger partial charge in [0.2, 0.25) is 5.54 Å². The Kier molecular flexibility index (Phi) is 8.77. The van der Waals surface area contributed by atoms with E-state index in [0.717, 1.165) is 6.92 Å². The first-order valence-electron chi connectivity index (χ1n) is 10.7. The molecule has 0 heterocycles. The number of nitrogens with one attached hydrogen (secondary N) is 1. The Morgan fingerprint density at radius 1 is 0.794 bits per heavy atom. The lowest BCUT2D eigenvalue weighted by Gasteiger charge is -2.37. The summed E-state index contributed by atoms with van der Waals surface area (Å²) >= 11 is 0. The zero-order chi connectivity index (χ0) is 25.4. The molecule has 0 aliphatic heterocycles. The molecule has 0 fully saturated rings. The Morgan fingerprint density at radius 3 is 1.71 bits per heavy atom. The topological polar surface area (TPSA) is 111 Å². The minimum atomic E-state index is -2.22. The maximum Gasteiger partial charge on any atom is 0.430 e. The first-order valence-corrected chi connectivity index (χ1v) is 10.7. The van der Waals surface area contributed by atoms with Crippen LogP contribution >= 0.6 is 0 Å². The van der Waals surface area contributed by atoms with Crippen molar-refractivity contribution in [3.8, 4) is 0 Å². The summed E-state index contributed by atoms with van der Waals surface area (Å²) in [5.41, 5.74) is 0.392. The third kappa shape index (κ3) is 7.33. The molecule has 2 rings (SSSR count). The van der Waals surface area contributed by atoms with Crippen LogP contribution in [0.15, 0.2) is 60.7 Å². The Hall–Kier alpha value is -3.88. The summed E-state index contributed by atoms with van der Waals surface area (Å²) in [6.07, 6.45) is -2.19. The molecule has 34 heavy (non-hydrogen) atoms. The highest BCUT2D eigenvalue weighted by Gasteiger charge is 2.51. The average Bonchev–Trinajstić information content (AvgIpc) is 2.79. The lowest BCUT2D eigenvalue weighted by Crippen LogP contribution is -2.66. The second-order valence-corrected chi connectivity index (χ2v) is 8.68. The molecule has 9 heteroatoms. The molecule has 1 atom stereocenters. The number of hydrogen-bond acceptors (Lipinski definition) is 7. The first kappa shape index (κ1) is 26.4. The number of hydrogen-bond donors (Lipinski definition) is 1. The summed E-state index contributed by atoms with van der Waals surface area (Å²) in [6.45, 7) is 6.88. The van der Waals surface area contributed by atoms with Crippen LogP contribution in [0.25, 0.3) is 0 Å². The van der Waals surface area contributed by atoms with Crippen LogP contribution in [0.1, 0.15) is 45.7 Å². The molecule has 0 aliphatic carbocycles. The highest BCUT2D eigenvalue weighted by molar-refractivity contribution is 6.09. The number of amides is 2. The smallest absolute Gasteiger partial charge is 0.430 e. The number of carbonyl (C=O) groups excluding carboxylic acids is 4. The molecule has 2 amide bonds. The van der Waals surface area contributed by atoms with Crippen molar-refractivity contribution in [1.29, 1.82) is 0 Å². The van der Waals surface area contributed by atoms with Gasteiger partial charge >= 0.3 is 18.2 Å². The van der Waals surface area contributed by atoms with Crippen LogP contribution in [0.4, 0.5) is 9.59 Å². The number of ether oxygens (including phenoxy) is 3. The van der Waals surface area contributed by atoms with E-state index >= 15 is 0 Å². The number of hydrazine groups is 1. The van der Waals surface area contributed by atoms with Crippen molar-refractivity contribution in [2.75, 3.05) is 0 Å². The molecule has 0 unspecified atom stereocenters. The van der Waals surface area contributed by atoms with Crippen LogP contribution in [0.2, 0.25) is 0 Å². The third-order valence-corrected chi connectivity index (χ3v) is 4.73. The zero-order valence-corrected chi connectivity index (χ0v) is 20.0. The summed E-state index contributed by atoms with van der Waals surface area (Å²) in [5, 5.41) is 0.514. The van der Waals surface area contributed by atoms with E-state index < -0.39 is 35.1 Å². The average molecular weight is 471 g/mol. The standard InChI is InChI=1S/C25H30N2O7/c1-18(28)25(5,21(29)34-24(2,3)4)27(23(31)33-17-20-14-10-7-11-15-20)26-22(30)32-16-19-12-8-6-9-13-19/h6-15H,16-17H2,1-5H3,(H,26,30)/t25-/m1/s1. The summed E-state index contributed by atoms with van der Waals surface area (Å²) in [6, 6.07) is 17.7. The van der Waals surface area contributed by atoms with Crippen molar-refractivity contribution in [3.63, 3.8) is 0 Å². The van der Waals surface area contributed by atoms with E-state index in [0.29, 0.717) is 16.1 Å². The second-order valence-electron chi connectivity index (χ2n) is 8.68. The Balaban J connectivity index is 2.27. The van der Waals surface area contributed by atoms with E-state index in [2.05, 4.69) is 5.43 Å². The molecule has 2 aromatic carbocycles. The fraction of sp³-hybridized carbons (Fsp3) is 0.360. The summed E-state index contributed by atoms with van der Waals surface area (Å²) < 4.78 is 15.8. The van der Waals surface area contributed by atoms with Gasteiger partial charge in [-0.25, -0.2) is 19.8 Å². The van der Waals surface area contributed by atoms with Crippen LogP contribution in [0.3, 0.4) is 0 Å². The molecule has 0 spiro atoms. The van der Waals surface area contributed by atoms with E-state index in [9.17, 15) is 19.2 Å². The summed E-state index contributed by atoms with van der Waals surface area (Å²) in [4.78, 5) is 51.2. The van der Waals surface area contributed by atoms with Gasteiger partial charge in [-0.1, -0.05) is 60.7 Å². The third-order valence-electron chi connectivity index (χ3n) is 4.73. The number of carbonyl (C=O) groups is 4. The molecule has 0 aromatic heterocycles. The molecular weight excluding hydrogens is 440 g/mol. The predicted octanol–water partition coefficient (Wildman–Crippen LogP) is 4.16. The lowest BCUT2D eigenvalue weighted by molar-refractivity contribution is -0.172. The van der Waals surface area contributed by atoms with Crippen molar-refractivity contribution in [2.24, 2.45) is 0 Å². The van der Waals surface area contributed by atoms with E-state index in [1.165, 1.54) is 6.92 Å². The largest absolute Gasteiger partial charge is 0.458 e. The molecular formula is C25H30N2O7. The minimum absolute atomic E-state index is 0.0944. The number of benzene rings is 2. The predicted molar refractivity (Wildman–Crippen MR) is 123 cm³/mol. The van der Waals surface area contributed by atoms with Gasteiger partial charge in [0.05, 0.1) is 0 Å². The van der Waals surface area contributed by atoms with Gasteiger partial charge in [0, 0.05) is 0 Å². The molecule has 0 aliphatic rings. The Labute approximate surface area is 198 Å². The quantitative estimate of drug-likeness (QED) is 0.280. The summed E-state index contributed by atoms with van der Waals surface area (Å²) in [5.74, 6) is -1.78. The monoisotopic (exact) mass is 470 g/mol. The molecule has 182 valence electrons. The lowest BCUT2D eigenvalue weighted by atomic mass is 9.96. The van der Waals surface area contributed by atoms with Crippen LogP contribution in [-0.4, -0.2) is 40.1 Å². The molecule has 0 saturated carbocycles. The fourth-order valence-electron chi connectivity index (χ4n) is 2.74. The van der Waals surface area contributed by atoms with Gasteiger partial charge in [-0.3, -0.25) is 4.79 Å². The Morgan fingerprint density at radius 2 is 1.26 bits per heavy atom. The molecule has 1 N–H and O–H groups in total. The van der Waals surface area contributed by atoms with Crippen LogP contribution in [0.5, 0.6) is 0 Å². The SMILES string of the molecule is CC(=O)[C@](C)(C(=O)OC(C)(C)C)N(NC(=O)OCc1ccccc1)C(=O)OCc1ccccc1. The molecule has 0 saturated heterocycles. The Bertz CT molecular complexity index is 1000. The van der Waals surface area contributed by atoms with Gasteiger partial charge in [-0.15, -0.1) is 0 Å². The van der Waals surface area contributed by atoms with Gasteiger partial charge < -0.3 is 14.2 Å². The number of rotatable bonds is 7. The molecule has 0 bridgehead atoms. The molecule has 9 nitrogen and oxygen atoms in total. The van der Waals surface area contributed by atoms with E-state index in [1.807, 2.05) is 6.07 Å². The second kappa shape index (κ2) is 11.3. The summed E-state index contributed by atoms with van der Waals surface area (Å²) in [7, 11) is 0. The highest BCUT2D eigenvalue weighted by atomic mass is 16.6. The number of Topliss-reactive ketones (excluding diaryl/α,β-unsaturated/α-hetero) is 1. The normalized spacial score (nSPS) is 12.6. The number of nitrogens with zero attached hydrogens (tertiary/aromatic N) is 1. The first-order chi connectivity index (χ1) is 15.9. The van der Waals surface area contributed by atoms with Crippen LogP contribution in [-0.2, 0) is 37.0 Å². The van der Waals surface area contributed by atoms with Gasteiger partial charge in [0.25, 0.3) is 0 Å². The molecule has 0 radical (unpaired) electrons. The zero-order valence-electron chi connectivity index (χ0n) is 20.0. The van der Waals surface area contributed by atoms with Gasteiger partial charge in [-0.2, -0.15) is 5.01 Å². The van der Waals surface area contributed by atoms with Crippen molar-refractivity contribution < 1.29 is 33.4 Å². The van der Waals surface area contributed by atoms with Crippen molar-refractivity contribution in [2.45, 2.75) is 59.0 Å². The fourth-order valence-corrected chi connectivity index (χ4v) is 2.74. The van der Waals surface area contributed by atoms with Crippen molar-refractivity contribution >= 4 is 23.9 Å². The van der Waals surface area contributed by atoms with Crippen LogP contribution < -0.4 is 5.43 Å². The van der Waals surface area contributed by atoms with Gasteiger partial charge in [-0.05, 0) is 45.7 Å². The van der Waals surface area contributed by atoms with Crippen molar-refractivity contribution in [3.05, 3.63) is 71.8 Å². The number of esters is 1. The minimum Gasteiger partial charge on any atom is -0.458 e. The van der Waals surface area contributed by atoms with Crippen molar-refractivity contribution in [1.82, 2.24) is 10.4 Å². The van der Waals surface area contributed by atoms with Crippen LogP contribution in [0, 0.1) is 0 Å². The van der Waals surface area contributed by atoms with E-state index in [4.69, 9.17) is 14.2 Å². The van der Waals surface area contributed by atoms with E-state index in [-0.39, 0.29) is 13.2 Å². The molecule has 2 aromatic rings. The maximum absolute atomic E-state index is 13.0. The maximum atomic E-state index is 13.0.